The van der Waals surface area contributed by atoms with E-state index in [0.717, 1.165) is 4.57 Å². The van der Waals surface area contributed by atoms with Gasteiger partial charge in [-0.2, -0.15) is 0 Å². The molecule has 18 heavy (non-hydrogen) atoms. The van der Waals surface area contributed by atoms with Gasteiger partial charge in [0.05, 0.1) is 13.2 Å². The first-order valence-corrected chi connectivity index (χ1v) is 5.03. The van der Waals surface area contributed by atoms with E-state index in [1.165, 1.54) is 18.3 Å². The fraction of sp³-hybridized carbons (Fsp3) is 0.400. The number of aliphatic hydroxyl groups is 1. The largest absolute Gasteiger partial charge is 0.480 e. The Kier molecular flexibility index (Phi) is 4.78. The summed E-state index contributed by atoms with van der Waals surface area (Å²) in [7, 11) is 0. The fourth-order valence-electron chi connectivity index (χ4n) is 1.35. The zero-order valence-electron chi connectivity index (χ0n) is 9.22. The van der Waals surface area contributed by atoms with Gasteiger partial charge < -0.3 is 20.1 Å². The molecule has 6 nitrogen and oxygen atoms in total. The quantitative estimate of drug-likeness (QED) is 0.669. The van der Waals surface area contributed by atoms with Crippen LogP contribution in [0.1, 0.15) is 10.5 Å². The molecule has 1 rings (SSSR count). The molecule has 0 unspecified atom stereocenters. The van der Waals surface area contributed by atoms with Crippen molar-refractivity contribution < 1.29 is 28.6 Å². The molecule has 0 saturated heterocycles. The molecule has 0 fully saturated rings. The van der Waals surface area contributed by atoms with Gasteiger partial charge in [0.2, 0.25) is 0 Å². The van der Waals surface area contributed by atoms with Crippen molar-refractivity contribution in [2.45, 2.75) is 19.0 Å². The number of nitrogens with zero attached hydrogens (tertiary/aromatic N) is 1. The minimum Gasteiger partial charge on any atom is -0.480 e. The van der Waals surface area contributed by atoms with Crippen molar-refractivity contribution in [3.05, 3.63) is 24.0 Å². The van der Waals surface area contributed by atoms with Crippen LogP contribution < -0.4 is 5.32 Å². The molecule has 0 spiro atoms. The number of nitrogens with one attached hydrogen (secondary N) is 1. The predicted molar refractivity (Wildman–Crippen MR) is 56.4 cm³/mol. The van der Waals surface area contributed by atoms with Crippen LogP contribution in [0.5, 0.6) is 0 Å². The molecule has 100 valence electrons. The van der Waals surface area contributed by atoms with Crippen molar-refractivity contribution in [3.63, 3.8) is 0 Å². The molecular weight excluding hydrogens is 250 g/mol. The number of carboxylic acid groups (broad SMARTS) is 1. The molecule has 0 saturated carbocycles. The van der Waals surface area contributed by atoms with Crippen LogP contribution in [-0.4, -0.2) is 45.7 Å². The Balaban J connectivity index is 2.78. The van der Waals surface area contributed by atoms with Crippen molar-refractivity contribution in [2.24, 2.45) is 0 Å². The van der Waals surface area contributed by atoms with Crippen molar-refractivity contribution in [2.75, 3.05) is 6.61 Å². The summed E-state index contributed by atoms with van der Waals surface area (Å²) < 4.78 is 25.4. The van der Waals surface area contributed by atoms with Crippen LogP contribution in [0.25, 0.3) is 0 Å². The summed E-state index contributed by atoms with van der Waals surface area (Å²) in [6.45, 7) is -1.44. The molecule has 0 aromatic carbocycles. The number of hydrogen-bond acceptors (Lipinski definition) is 3. The average molecular weight is 262 g/mol. The molecule has 1 heterocycles. The molecule has 1 atom stereocenters. The molecule has 0 aliphatic heterocycles. The second-order valence-corrected chi connectivity index (χ2v) is 3.48. The molecule has 0 radical (unpaired) electrons. The average Bonchev–Trinajstić information content (AvgIpc) is 2.72. The van der Waals surface area contributed by atoms with Crippen molar-refractivity contribution >= 4 is 11.9 Å². The number of aliphatic hydroxyl groups excluding tert-OH is 1. The lowest BCUT2D eigenvalue weighted by atomic mass is 10.3. The highest BCUT2D eigenvalue weighted by Gasteiger charge is 2.21. The van der Waals surface area contributed by atoms with E-state index in [9.17, 15) is 18.4 Å². The molecular formula is C10H12F2N2O4. The third-order valence-corrected chi connectivity index (χ3v) is 2.18. The van der Waals surface area contributed by atoms with Gasteiger partial charge in [-0.3, -0.25) is 4.79 Å². The van der Waals surface area contributed by atoms with Gasteiger partial charge in [-0.15, -0.1) is 0 Å². The maximum absolute atomic E-state index is 12.2. The molecule has 1 amide bonds. The van der Waals surface area contributed by atoms with Crippen LogP contribution in [0.15, 0.2) is 18.3 Å². The van der Waals surface area contributed by atoms with E-state index >= 15 is 0 Å². The number of halogens is 2. The van der Waals surface area contributed by atoms with Crippen molar-refractivity contribution in [1.82, 2.24) is 9.88 Å². The summed E-state index contributed by atoms with van der Waals surface area (Å²) >= 11 is 0. The number of carbonyl (C=O) groups is 2. The third kappa shape index (κ3) is 3.52. The van der Waals surface area contributed by atoms with Crippen molar-refractivity contribution in [1.29, 1.82) is 0 Å². The van der Waals surface area contributed by atoms with E-state index < -0.39 is 37.5 Å². The maximum Gasteiger partial charge on any atom is 0.328 e. The van der Waals surface area contributed by atoms with E-state index in [-0.39, 0.29) is 5.69 Å². The Morgan fingerprint density at radius 3 is 2.61 bits per heavy atom. The monoisotopic (exact) mass is 262 g/mol. The van der Waals surface area contributed by atoms with Crippen LogP contribution in [0, 0.1) is 0 Å². The van der Waals surface area contributed by atoms with Gasteiger partial charge in [-0.05, 0) is 12.1 Å². The highest BCUT2D eigenvalue weighted by atomic mass is 19.3. The lowest BCUT2D eigenvalue weighted by Gasteiger charge is -2.13. The molecule has 1 aromatic rings. The minimum absolute atomic E-state index is 0.0880. The van der Waals surface area contributed by atoms with Crippen LogP contribution in [0.2, 0.25) is 0 Å². The van der Waals surface area contributed by atoms with Crippen molar-refractivity contribution in [3.8, 4) is 0 Å². The van der Waals surface area contributed by atoms with Gasteiger partial charge in [0, 0.05) is 6.20 Å². The van der Waals surface area contributed by atoms with Crippen LogP contribution >= 0.6 is 0 Å². The Labute approximate surface area is 101 Å². The summed E-state index contributed by atoms with van der Waals surface area (Å²) in [5.74, 6) is -2.24. The Bertz CT molecular complexity index is 433. The summed E-state index contributed by atoms with van der Waals surface area (Å²) in [4.78, 5) is 22.2. The predicted octanol–water partition coefficient (Wildman–Crippen LogP) is -0.0715. The standard InChI is InChI=1S/C10H12F2N2O4/c11-8(12)4-14-3-1-2-7(14)9(16)13-6(5-15)10(17)18/h1-3,6,8,15H,4-5H2,(H,13,16)(H,17,18)/t6-/m1/s1. The van der Waals surface area contributed by atoms with Gasteiger partial charge in [0.15, 0.2) is 6.04 Å². The Morgan fingerprint density at radius 1 is 1.44 bits per heavy atom. The zero-order valence-corrected chi connectivity index (χ0v) is 9.22. The summed E-state index contributed by atoms with van der Waals surface area (Å²) in [5, 5.41) is 19.4. The normalized spacial score (nSPS) is 12.4. The second-order valence-electron chi connectivity index (χ2n) is 3.48. The van der Waals surface area contributed by atoms with Gasteiger partial charge in [-0.25, -0.2) is 13.6 Å². The van der Waals surface area contributed by atoms with Gasteiger partial charge in [0.25, 0.3) is 12.3 Å². The first kappa shape index (κ1) is 14.1. The minimum atomic E-state index is -2.63. The number of amides is 1. The van der Waals surface area contributed by atoms with Gasteiger partial charge >= 0.3 is 5.97 Å². The first-order chi connectivity index (χ1) is 8.45. The number of aliphatic carboxylic acids is 1. The molecule has 0 aliphatic rings. The molecule has 0 bridgehead atoms. The highest BCUT2D eigenvalue weighted by Crippen LogP contribution is 2.06. The second kappa shape index (κ2) is 6.10. The smallest absolute Gasteiger partial charge is 0.328 e. The number of rotatable bonds is 6. The SMILES string of the molecule is O=C(N[C@H](CO)C(=O)O)c1cccn1CC(F)F. The fourth-order valence-corrected chi connectivity index (χ4v) is 1.35. The van der Waals surface area contributed by atoms with Crippen LogP contribution in [0.3, 0.4) is 0 Å². The number of carbonyl (C=O) groups excluding carboxylic acids is 1. The van der Waals surface area contributed by atoms with Gasteiger partial charge in [0.1, 0.15) is 5.69 Å². The molecule has 3 N–H and O–H groups in total. The van der Waals surface area contributed by atoms with E-state index in [2.05, 4.69) is 0 Å². The number of hydrogen-bond donors (Lipinski definition) is 3. The topological polar surface area (TPSA) is 91.6 Å². The van der Waals surface area contributed by atoms with E-state index in [1.54, 1.807) is 0 Å². The third-order valence-electron chi connectivity index (χ3n) is 2.18. The first-order valence-electron chi connectivity index (χ1n) is 5.03. The summed E-state index contributed by atoms with van der Waals surface area (Å²) in [5.41, 5.74) is -0.0880. The molecule has 0 aliphatic carbocycles. The van der Waals surface area contributed by atoms with E-state index in [0.29, 0.717) is 0 Å². The Hall–Kier alpha value is -1.96. The lowest BCUT2D eigenvalue weighted by Crippen LogP contribution is -2.44. The molecule has 1 aromatic heterocycles. The lowest BCUT2D eigenvalue weighted by molar-refractivity contribution is -0.140. The van der Waals surface area contributed by atoms with Crippen LogP contribution in [-0.2, 0) is 11.3 Å². The number of aromatic nitrogens is 1. The maximum atomic E-state index is 12.2. The van der Waals surface area contributed by atoms with E-state index in [4.69, 9.17) is 10.2 Å². The van der Waals surface area contributed by atoms with Crippen LogP contribution in [0.4, 0.5) is 8.78 Å². The Morgan fingerprint density at radius 2 is 2.11 bits per heavy atom. The number of alkyl halides is 2. The summed E-state index contributed by atoms with van der Waals surface area (Å²) in [6.07, 6.45) is -1.34. The number of carboxylic acids is 1. The van der Waals surface area contributed by atoms with Gasteiger partial charge in [-0.1, -0.05) is 0 Å². The van der Waals surface area contributed by atoms with E-state index in [1.807, 2.05) is 5.32 Å². The summed E-state index contributed by atoms with van der Waals surface area (Å²) in [6, 6.07) is 1.22. The highest BCUT2D eigenvalue weighted by molar-refractivity contribution is 5.95. The zero-order chi connectivity index (χ0) is 13.7. The molecule has 8 heteroatoms.